The fourth-order valence-corrected chi connectivity index (χ4v) is 2.81. The Hall–Kier alpha value is -1.67. The smallest absolute Gasteiger partial charge is 0.321 e. The number of hydrogen-bond donors (Lipinski definition) is 2. The molecule has 3 amide bonds. The zero-order chi connectivity index (χ0) is 14.5. The highest BCUT2D eigenvalue weighted by Gasteiger charge is 2.26. The minimum atomic E-state index is -0.469. The normalized spacial score (nSPS) is 17.6. The number of carbonyl (C=O) groups is 2. The summed E-state index contributed by atoms with van der Waals surface area (Å²) in [7, 11) is 1.49. The average molecular weight is 297 g/mol. The predicted molar refractivity (Wildman–Crippen MR) is 78.0 cm³/mol. The van der Waals surface area contributed by atoms with Gasteiger partial charge in [0.1, 0.15) is 0 Å². The summed E-state index contributed by atoms with van der Waals surface area (Å²) in [5, 5.41) is 7.67. The van der Waals surface area contributed by atoms with Gasteiger partial charge in [-0.3, -0.25) is 15.0 Å². The topological polar surface area (TPSA) is 77.6 Å². The molecule has 0 bridgehead atoms. The Morgan fingerprint density at radius 2 is 2.05 bits per heavy atom. The second-order valence-corrected chi connectivity index (χ2v) is 5.46. The molecule has 0 saturated carbocycles. The van der Waals surface area contributed by atoms with Gasteiger partial charge >= 0.3 is 6.03 Å². The first-order valence-electron chi connectivity index (χ1n) is 6.53. The number of urea groups is 1. The van der Waals surface area contributed by atoms with E-state index in [0.29, 0.717) is 0 Å². The molecule has 0 spiro atoms. The van der Waals surface area contributed by atoms with Crippen molar-refractivity contribution in [3.63, 3.8) is 0 Å². The molecule has 2 rings (SSSR count). The molecule has 1 fully saturated rings. The van der Waals surface area contributed by atoms with Crippen molar-refractivity contribution in [3.8, 4) is 0 Å². The van der Waals surface area contributed by atoms with Crippen molar-refractivity contribution in [2.75, 3.05) is 38.1 Å². The SMILES string of the molecule is CNC(=O)NC(=O)C(C)N1CCN(c2nccs2)CC1. The van der Waals surface area contributed by atoms with E-state index in [1.807, 2.05) is 12.3 Å². The summed E-state index contributed by atoms with van der Waals surface area (Å²) in [4.78, 5) is 31.6. The Morgan fingerprint density at radius 1 is 1.35 bits per heavy atom. The minimum absolute atomic E-state index is 0.271. The molecule has 0 aromatic carbocycles. The largest absolute Gasteiger partial charge is 0.346 e. The quantitative estimate of drug-likeness (QED) is 0.828. The number of aromatic nitrogens is 1. The number of nitrogens with one attached hydrogen (secondary N) is 2. The maximum absolute atomic E-state index is 11.9. The molecule has 1 unspecified atom stereocenters. The molecular formula is C12H19N5O2S. The van der Waals surface area contributed by atoms with Crippen molar-refractivity contribution in [3.05, 3.63) is 11.6 Å². The van der Waals surface area contributed by atoms with Crippen molar-refractivity contribution < 1.29 is 9.59 Å². The van der Waals surface area contributed by atoms with Gasteiger partial charge in [-0.05, 0) is 6.92 Å². The molecule has 1 aliphatic rings. The van der Waals surface area contributed by atoms with Crippen LogP contribution in [0.1, 0.15) is 6.92 Å². The van der Waals surface area contributed by atoms with Gasteiger partial charge in [0, 0.05) is 44.8 Å². The van der Waals surface area contributed by atoms with Gasteiger partial charge in [0.2, 0.25) is 5.91 Å². The Morgan fingerprint density at radius 3 is 2.60 bits per heavy atom. The molecule has 1 saturated heterocycles. The molecule has 1 aliphatic heterocycles. The number of anilines is 1. The van der Waals surface area contributed by atoms with E-state index in [1.165, 1.54) is 7.05 Å². The van der Waals surface area contributed by atoms with Crippen LogP contribution in [0.3, 0.4) is 0 Å². The summed E-state index contributed by atoms with van der Waals surface area (Å²) in [5.41, 5.74) is 0. The lowest BCUT2D eigenvalue weighted by Gasteiger charge is -2.37. The van der Waals surface area contributed by atoms with Crippen LogP contribution in [0, 0.1) is 0 Å². The fraction of sp³-hybridized carbons (Fsp3) is 0.583. The highest BCUT2D eigenvalue weighted by molar-refractivity contribution is 7.13. The third kappa shape index (κ3) is 3.45. The number of hydrogen-bond acceptors (Lipinski definition) is 6. The summed E-state index contributed by atoms with van der Waals surface area (Å²) in [6, 6.07) is -0.783. The number of thiazole rings is 1. The average Bonchev–Trinajstić information content (AvgIpc) is 3.00. The van der Waals surface area contributed by atoms with E-state index >= 15 is 0 Å². The third-order valence-electron chi connectivity index (χ3n) is 3.40. The van der Waals surface area contributed by atoms with E-state index in [0.717, 1.165) is 31.3 Å². The maximum atomic E-state index is 11.9. The predicted octanol–water partition coefficient (Wildman–Crippen LogP) is 0.109. The van der Waals surface area contributed by atoms with Gasteiger partial charge in [-0.25, -0.2) is 9.78 Å². The number of imide groups is 1. The molecule has 110 valence electrons. The Labute approximate surface area is 122 Å². The van der Waals surface area contributed by atoms with Gasteiger partial charge in [0.15, 0.2) is 5.13 Å². The van der Waals surface area contributed by atoms with Crippen LogP contribution in [0.2, 0.25) is 0 Å². The summed E-state index contributed by atoms with van der Waals surface area (Å²) in [6.45, 7) is 5.05. The summed E-state index contributed by atoms with van der Waals surface area (Å²) >= 11 is 1.62. The van der Waals surface area contributed by atoms with Crippen molar-refractivity contribution in [1.29, 1.82) is 0 Å². The van der Waals surface area contributed by atoms with Crippen LogP contribution < -0.4 is 15.5 Å². The van der Waals surface area contributed by atoms with Crippen molar-refractivity contribution in [2.24, 2.45) is 0 Å². The first-order chi connectivity index (χ1) is 9.61. The van der Waals surface area contributed by atoms with Crippen molar-refractivity contribution >= 4 is 28.4 Å². The van der Waals surface area contributed by atoms with Crippen LogP contribution >= 0.6 is 11.3 Å². The monoisotopic (exact) mass is 297 g/mol. The number of rotatable bonds is 3. The van der Waals surface area contributed by atoms with E-state index < -0.39 is 6.03 Å². The third-order valence-corrected chi connectivity index (χ3v) is 4.23. The molecule has 1 aromatic rings. The highest BCUT2D eigenvalue weighted by atomic mass is 32.1. The zero-order valence-corrected chi connectivity index (χ0v) is 12.4. The lowest BCUT2D eigenvalue weighted by Crippen LogP contribution is -2.55. The summed E-state index contributed by atoms with van der Waals surface area (Å²) in [6.07, 6.45) is 1.80. The van der Waals surface area contributed by atoms with Gasteiger partial charge in [0.25, 0.3) is 0 Å². The summed E-state index contributed by atoms with van der Waals surface area (Å²) < 4.78 is 0. The Bertz CT molecular complexity index is 456. The first kappa shape index (κ1) is 14.7. The van der Waals surface area contributed by atoms with Crippen LogP contribution in [0.25, 0.3) is 0 Å². The lowest BCUT2D eigenvalue weighted by molar-refractivity contribution is -0.124. The fourth-order valence-electron chi connectivity index (χ4n) is 2.12. The number of amides is 3. The molecule has 0 aliphatic carbocycles. The standard InChI is InChI=1S/C12H19N5O2S/c1-9(10(18)15-11(19)13-2)16-4-6-17(7-5-16)12-14-3-8-20-12/h3,8-9H,4-7H2,1-2H3,(H2,13,15,18,19). The molecule has 1 aromatic heterocycles. The van der Waals surface area contributed by atoms with E-state index in [1.54, 1.807) is 17.5 Å². The second kappa shape index (κ2) is 6.67. The molecule has 0 radical (unpaired) electrons. The van der Waals surface area contributed by atoms with E-state index in [9.17, 15) is 9.59 Å². The van der Waals surface area contributed by atoms with E-state index in [-0.39, 0.29) is 11.9 Å². The lowest BCUT2D eigenvalue weighted by atomic mass is 10.2. The van der Waals surface area contributed by atoms with Crippen LogP contribution in [-0.4, -0.2) is 61.1 Å². The van der Waals surface area contributed by atoms with E-state index in [4.69, 9.17) is 0 Å². The first-order valence-corrected chi connectivity index (χ1v) is 7.41. The summed E-state index contributed by atoms with van der Waals surface area (Å²) in [5.74, 6) is -0.271. The van der Waals surface area contributed by atoms with Crippen molar-refractivity contribution in [1.82, 2.24) is 20.5 Å². The molecule has 1 atom stereocenters. The van der Waals surface area contributed by atoms with E-state index in [2.05, 4.69) is 25.4 Å². The van der Waals surface area contributed by atoms with Crippen LogP contribution in [0.4, 0.5) is 9.93 Å². The Kier molecular flexibility index (Phi) is 4.91. The number of piperazine rings is 1. The number of carbonyl (C=O) groups excluding carboxylic acids is 2. The van der Waals surface area contributed by atoms with Gasteiger partial charge in [0.05, 0.1) is 6.04 Å². The van der Waals surface area contributed by atoms with Crippen LogP contribution in [-0.2, 0) is 4.79 Å². The molecule has 8 heteroatoms. The highest BCUT2D eigenvalue weighted by Crippen LogP contribution is 2.19. The minimum Gasteiger partial charge on any atom is -0.346 e. The molecular weight excluding hydrogens is 278 g/mol. The molecule has 7 nitrogen and oxygen atoms in total. The zero-order valence-electron chi connectivity index (χ0n) is 11.6. The molecule has 2 heterocycles. The Balaban J connectivity index is 1.84. The van der Waals surface area contributed by atoms with Crippen LogP contribution in [0.15, 0.2) is 11.6 Å². The van der Waals surface area contributed by atoms with Crippen molar-refractivity contribution in [2.45, 2.75) is 13.0 Å². The van der Waals surface area contributed by atoms with Gasteiger partial charge < -0.3 is 10.2 Å². The van der Waals surface area contributed by atoms with Gasteiger partial charge in [-0.15, -0.1) is 11.3 Å². The van der Waals surface area contributed by atoms with Gasteiger partial charge in [-0.2, -0.15) is 0 Å². The number of nitrogens with zero attached hydrogens (tertiary/aromatic N) is 3. The molecule has 2 N–H and O–H groups in total. The molecule has 20 heavy (non-hydrogen) atoms. The maximum Gasteiger partial charge on any atom is 0.321 e. The van der Waals surface area contributed by atoms with Crippen LogP contribution in [0.5, 0.6) is 0 Å². The van der Waals surface area contributed by atoms with Gasteiger partial charge in [-0.1, -0.05) is 0 Å². The second-order valence-electron chi connectivity index (χ2n) is 4.58.